The third kappa shape index (κ3) is 3.80. The molecule has 0 bridgehead atoms. The number of methoxy groups -OCH3 is 1. The zero-order valence-electron chi connectivity index (χ0n) is 14.2. The van der Waals surface area contributed by atoms with Crippen LogP contribution in [0, 0.1) is 0 Å². The molecule has 0 spiro atoms. The van der Waals surface area contributed by atoms with Crippen LogP contribution < -0.4 is 0 Å². The molecule has 0 aliphatic carbocycles. The van der Waals surface area contributed by atoms with Crippen molar-refractivity contribution in [1.29, 1.82) is 0 Å². The number of carbonyl (C=O) groups is 1. The van der Waals surface area contributed by atoms with Gasteiger partial charge in [-0.1, -0.05) is 66.7 Å². The maximum atomic E-state index is 13.9. The standard InChI is InChI=1S/C20H19F3O3/c1-3-10-17(15-11-6-4-7-12-15)26-18(24)19(25-2,20(21,22)23)16-13-8-5-9-14-16/h3-9,11-14,17H,1,10H2,2H3/t17?,19-/m0/s1. The Morgan fingerprint density at radius 3 is 2.08 bits per heavy atom. The van der Waals surface area contributed by atoms with Gasteiger partial charge in [0.15, 0.2) is 0 Å². The first-order chi connectivity index (χ1) is 12.4. The summed E-state index contributed by atoms with van der Waals surface area (Å²) < 4.78 is 51.7. The molecule has 0 fully saturated rings. The van der Waals surface area contributed by atoms with E-state index in [0.717, 1.165) is 7.11 Å². The molecular weight excluding hydrogens is 345 g/mol. The van der Waals surface area contributed by atoms with Crippen LogP contribution in [0.15, 0.2) is 73.3 Å². The van der Waals surface area contributed by atoms with Crippen LogP contribution in [0.1, 0.15) is 23.7 Å². The van der Waals surface area contributed by atoms with Crippen molar-refractivity contribution in [1.82, 2.24) is 0 Å². The van der Waals surface area contributed by atoms with E-state index in [-0.39, 0.29) is 12.0 Å². The Labute approximate surface area is 150 Å². The third-order valence-electron chi connectivity index (χ3n) is 3.97. The quantitative estimate of drug-likeness (QED) is 0.515. The Kier molecular flexibility index (Phi) is 6.21. The lowest BCUT2D eigenvalue weighted by Crippen LogP contribution is -2.52. The van der Waals surface area contributed by atoms with Crippen LogP contribution in [-0.2, 0) is 19.9 Å². The predicted octanol–water partition coefficient (Wildman–Crippen LogP) is 4.95. The zero-order valence-corrected chi connectivity index (χ0v) is 14.2. The van der Waals surface area contributed by atoms with E-state index >= 15 is 0 Å². The van der Waals surface area contributed by atoms with Gasteiger partial charge in [-0.25, -0.2) is 4.79 Å². The van der Waals surface area contributed by atoms with Gasteiger partial charge < -0.3 is 9.47 Å². The number of rotatable bonds is 7. The second-order valence-electron chi connectivity index (χ2n) is 5.58. The SMILES string of the molecule is C=CCC(OC(=O)[C@@](OC)(c1ccccc1)C(F)(F)F)c1ccccc1. The highest BCUT2D eigenvalue weighted by Crippen LogP contribution is 2.44. The molecule has 6 heteroatoms. The fraction of sp³-hybridized carbons (Fsp3) is 0.250. The highest BCUT2D eigenvalue weighted by atomic mass is 19.4. The molecule has 0 N–H and O–H groups in total. The van der Waals surface area contributed by atoms with Gasteiger partial charge in [-0.05, 0) is 5.56 Å². The first kappa shape index (κ1) is 19.7. The molecule has 0 saturated carbocycles. The summed E-state index contributed by atoms with van der Waals surface area (Å²) in [4.78, 5) is 12.7. The van der Waals surface area contributed by atoms with Crippen molar-refractivity contribution in [3.8, 4) is 0 Å². The number of benzene rings is 2. The molecule has 0 heterocycles. The lowest BCUT2D eigenvalue weighted by molar-refractivity contribution is -0.278. The number of hydrogen-bond donors (Lipinski definition) is 0. The molecule has 2 aromatic rings. The molecule has 2 atom stereocenters. The number of alkyl halides is 3. The van der Waals surface area contributed by atoms with Crippen LogP contribution in [0.3, 0.4) is 0 Å². The number of hydrogen-bond acceptors (Lipinski definition) is 3. The van der Waals surface area contributed by atoms with Gasteiger partial charge in [0.1, 0.15) is 6.10 Å². The number of ether oxygens (including phenoxy) is 2. The van der Waals surface area contributed by atoms with Gasteiger partial charge in [0.25, 0.3) is 5.60 Å². The number of esters is 1. The molecule has 0 aromatic heterocycles. The monoisotopic (exact) mass is 364 g/mol. The van der Waals surface area contributed by atoms with Crippen molar-refractivity contribution in [3.05, 3.63) is 84.4 Å². The molecule has 0 saturated heterocycles. The fourth-order valence-corrected chi connectivity index (χ4v) is 2.67. The Morgan fingerprint density at radius 2 is 1.62 bits per heavy atom. The predicted molar refractivity (Wildman–Crippen MR) is 91.3 cm³/mol. The van der Waals surface area contributed by atoms with E-state index in [1.165, 1.54) is 30.3 Å². The lowest BCUT2D eigenvalue weighted by Gasteiger charge is -2.33. The molecular formula is C20H19F3O3. The molecule has 26 heavy (non-hydrogen) atoms. The maximum Gasteiger partial charge on any atom is 0.432 e. The molecule has 0 aliphatic heterocycles. The summed E-state index contributed by atoms with van der Waals surface area (Å²) in [6.07, 6.45) is -4.25. The van der Waals surface area contributed by atoms with Crippen molar-refractivity contribution in [2.75, 3.05) is 7.11 Å². The minimum atomic E-state index is -5.00. The Bertz CT molecular complexity index is 729. The smallest absolute Gasteiger partial charge is 0.432 e. The molecule has 0 radical (unpaired) electrons. The Hall–Kier alpha value is -2.60. The van der Waals surface area contributed by atoms with Crippen molar-refractivity contribution in [2.45, 2.75) is 24.3 Å². The van der Waals surface area contributed by atoms with Crippen molar-refractivity contribution >= 4 is 5.97 Å². The first-order valence-corrected chi connectivity index (χ1v) is 7.91. The minimum absolute atomic E-state index is 0.169. The van der Waals surface area contributed by atoms with Crippen LogP contribution in [0.2, 0.25) is 0 Å². The molecule has 138 valence electrons. The molecule has 0 aliphatic rings. The van der Waals surface area contributed by atoms with Gasteiger partial charge in [-0.3, -0.25) is 0 Å². The van der Waals surface area contributed by atoms with Gasteiger partial charge in [0.05, 0.1) is 0 Å². The van der Waals surface area contributed by atoms with Gasteiger partial charge >= 0.3 is 12.1 Å². The first-order valence-electron chi connectivity index (χ1n) is 7.91. The molecule has 3 nitrogen and oxygen atoms in total. The van der Waals surface area contributed by atoms with E-state index in [1.54, 1.807) is 36.4 Å². The minimum Gasteiger partial charge on any atom is -0.454 e. The Balaban J connectivity index is 2.45. The van der Waals surface area contributed by atoms with E-state index in [1.807, 2.05) is 0 Å². The number of carbonyl (C=O) groups excluding carboxylic acids is 1. The third-order valence-corrected chi connectivity index (χ3v) is 3.97. The topological polar surface area (TPSA) is 35.5 Å². The summed E-state index contributed by atoms with van der Waals surface area (Å²) in [5.74, 6) is -1.52. The average molecular weight is 364 g/mol. The van der Waals surface area contributed by atoms with E-state index in [2.05, 4.69) is 6.58 Å². The van der Waals surface area contributed by atoms with Gasteiger partial charge in [0, 0.05) is 19.1 Å². The second-order valence-corrected chi connectivity index (χ2v) is 5.58. The second kappa shape index (κ2) is 8.19. The molecule has 2 aromatic carbocycles. The van der Waals surface area contributed by atoms with Gasteiger partial charge in [-0.2, -0.15) is 13.2 Å². The van der Waals surface area contributed by atoms with Crippen LogP contribution in [0.4, 0.5) is 13.2 Å². The molecule has 1 unspecified atom stereocenters. The highest BCUT2D eigenvalue weighted by molar-refractivity contribution is 5.83. The van der Waals surface area contributed by atoms with E-state index in [0.29, 0.717) is 5.56 Å². The Morgan fingerprint density at radius 1 is 1.08 bits per heavy atom. The molecule has 2 rings (SSSR count). The summed E-state index contributed by atoms with van der Waals surface area (Å²) in [5, 5.41) is 0. The van der Waals surface area contributed by atoms with Crippen LogP contribution in [0.5, 0.6) is 0 Å². The van der Waals surface area contributed by atoms with Crippen LogP contribution >= 0.6 is 0 Å². The van der Waals surface area contributed by atoms with E-state index < -0.39 is 23.9 Å². The lowest BCUT2D eigenvalue weighted by atomic mass is 9.92. The van der Waals surface area contributed by atoms with Crippen molar-refractivity contribution in [3.63, 3.8) is 0 Å². The summed E-state index contributed by atoms with van der Waals surface area (Å²) in [6, 6.07) is 15.3. The summed E-state index contributed by atoms with van der Waals surface area (Å²) in [7, 11) is 0.840. The summed E-state index contributed by atoms with van der Waals surface area (Å²) in [5.41, 5.74) is -2.98. The fourth-order valence-electron chi connectivity index (χ4n) is 2.67. The largest absolute Gasteiger partial charge is 0.454 e. The van der Waals surface area contributed by atoms with Crippen LogP contribution in [-0.4, -0.2) is 19.3 Å². The summed E-state index contributed by atoms with van der Waals surface area (Å²) in [6.45, 7) is 3.58. The van der Waals surface area contributed by atoms with E-state index in [9.17, 15) is 18.0 Å². The average Bonchev–Trinajstić information content (AvgIpc) is 2.63. The van der Waals surface area contributed by atoms with Crippen molar-refractivity contribution < 1.29 is 27.4 Å². The van der Waals surface area contributed by atoms with E-state index in [4.69, 9.17) is 9.47 Å². The van der Waals surface area contributed by atoms with Crippen LogP contribution in [0.25, 0.3) is 0 Å². The zero-order chi connectivity index (χ0) is 19.2. The normalized spacial score (nSPS) is 14.9. The molecule has 0 amide bonds. The van der Waals surface area contributed by atoms with Gasteiger partial charge in [0.2, 0.25) is 0 Å². The van der Waals surface area contributed by atoms with Crippen molar-refractivity contribution in [2.24, 2.45) is 0 Å². The maximum absolute atomic E-state index is 13.9. The number of halogens is 3. The summed E-state index contributed by atoms with van der Waals surface area (Å²) >= 11 is 0. The van der Waals surface area contributed by atoms with Gasteiger partial charge in [-0.15, -0.1) is 6.58 Å². The highest BCUT2D eigenvalue weighted by Gasteiger charge is 2.64.